The van der Waals surface area contributed by atoms with Crippen LogP contribution in [0, 0.1) is 11.8 Å². The summed E-state index contributed by atoms with van der Waals surface area (Å²) in [5.74, 6) is 1.99. The lowest BCUT2D eigenvalue weighted by atomic mass is 9.70. The molecule has 4 aliphatic rings. The third-order valence-electron chi connectivity index (χ3n) is 3.39. The molecule has 4 rings (SSSR count). The summed E-state index contributed by atoms with van der Waals surface area (Å²) in [6.07, 6.45) is 5.05. The monoisotopic (exact) mass is 168 g/mol. The van der Waals surface area contributed by atoms with E-state index in [2.05, 4.69) is 0 Å². The van der Waals surface area contributed by atoms with Crippen LogP contribution in [0.2, 0.25) is 0 Å². The number of thioether (sulfide) groups is 1. The fourth-order valence-electron chi connectivity index (χ4n) is 2.95. The van der Waals surface area contributed by atoms with E-state index in [9.17, 15) is 4.79 Å². The van der Waals surface area contributed by atoms with Crippen molar-refractivity contribution in [2.45, 2.75) is 36.2 Å². The zero-order valence-corrected chi connectivity index (χ0v) is 7.27. The predicted octanol–water partition coefficient (Wildman–Crippen LogP) is 1.86. The van der Waals surface area contributed by atoms with E-state index in [1.54, 1.807) is 0 Å². The summed E-state index contributed by atoms with van der Waals surface area (Å²) in [6, 6.07) is 0. The standard InChI is InChI=1S/C9H12OS/c10-9-6-1-5-2-7(4-6)11-8(9)3-5/h5-8H,1-4H2/t5-,6+,7-,8+/m1/s1. The van der Waals surface area contributed by atoms with Gasteiger partial charge >= 0.3 is 0 Å². The summed E-state index contributed by atoms with van der Waals surface area (Å²) in [4.78, 5) is 11.6. The molecule has 0 amide bonds. The Morgan fingerprint density at radius 2 is 2.09 bits per heavy atom. The number of Topliss-reactive ketones (excluding diaryl/α,β-unsaturated/α-hetero) is 1. The Morgan fingerprint density at radius 3 is 2.82 bits per heavy atom. The lowest BCUT2D eigenvalue weighted by Gasteiger charge is -2.47. The summed E-state index contributed by atoms with van der Waals surface area (Å²) in [7, 11) is 0. The van der Waals surface area contributed by atoms with Crippen molar-refractivity contribution in [3.63, 3.8) is 0 Å². The van der Waals surface area contributed by atoms with Crippen LogP contribution in [0.1, 0.15) is 25.7 Å². The van der Waals surface area contributed by atoms with Gasteiger partial charge in [0.1, 0.15) is 5.78 Å². The number of ketones is 1. The Balaban J connectivity index is 1.96. The van der Waals surface area contributed by atoms with Crippen molar-refractivity contribution in [3.05, 3.63) is 0 Å². The van der Waals surface area contributed by atoms with Crippen LogP contribution >= 0.6 is 11.8 Å². The summed E-state index contributed by atoms with van der Waals surface area (Å²) in [5.41, 5.74) is 0. The van der Waals surface area contributed by atoms with Crippen LogP contribution in [-0.4, -0.2) is 16.3 Å². The third-order valence-corrected chi connectivity index (χ3v) is 4.91. The zero-order valence-electron chi connectivity index (χ0n) is 6.45. The maximum absolute atomic E-state index is 11.6. The van der Waals surface area contributed by atoms with E-state index in [4.69, 9.17) is 0 Å². The Labute approximate surface area is 70.9 Å². The van der Waals surface area contributed by atoms with Crippen molar-refractivity contribution < 1.29 is 4.79 Å². The zero-order chi connectivity index (χ0) is 7.42. The van der Waals surface area contributed by atoms with Gasteiger partial charge in [0, 0.05) is 11.2 Å². The van der Waals surface area contributed by atoms with Crippen LogP contribution in [0.5, 0.6) is 0 Å². The average molecular weight is 168 g/mol. The fraction of sp³-hybridized carbons (Fsp3) is 0.889. The minimum absolute atomic E-state index is 0.422. The number of carbonyl (C=O) groups is 1. The predicted molar refractivity (Wildman–Crippen MR) is 45.6 cm³/mol. The van der Waals surface area contributed by atoms with E-state index in [0.717, 1.165) is 11.2 Å². The normalized spacial score (nSPS) is 53.6. The Morgan fingerprint density at radius 1 is 1.18 bits per heavy atom. The van der Waals surface area contributed by atoms with E-state index in [-0.39, 0.29) is 0 Å². The number of carbonyl (C=O) groups excluding carboxylic acids is 1. The van der Waals surface area contributed by atoms with Crippen LogP contribution < -0.4 is 0 Å². The van der Waals surface area contributed by atoms with Crippen molar-refractivity contribution in [2.75, 3.05) is 0 Å². The second kappa shape index (κ2) is 2.03. The summed E-state index contributed by atoms with van der Waals surface area (Å²) < 4.78 is 0. The Hall–Kier alpha value is 0.0200. The van der Waals surface area contributed by atoms with E-state index in [1.807, 2.05) is 11.8 Å². The minimum atomic E-state index is 0.422. The van der Waals surface area contributed by atoms with Crippen molar-refractivity contribution in [1.82, 2.24) is 0 Å². The highest BCUT2D eigenvalue weighted by Crippen LogP contribution is 2.52. The van der Waals surface area contributed by atoms with Gasteiger partial charge in [-0.3, -0.25) is 4.79 Å². The van der Waals surface area contributed by atoms with Crippen LogP contribution in [0.15, 0.2) is 0 Å². The van der Waals surface area contributed by atoms with Crippen molar-refractivity contribution in [3.8, 4) is 0 Å². The minimum Gasteiger partial charge on any atom is -0.298 e. The van der Waals surface area contributed by atoms with Crippen LogP contribution in [0.3, 0.4) is 0 Å². The van der Waals surface area contributed by atoms with Gasteiger partial charge in [0.15, 0.2) is 0 Å². The lowest BCUT2D eigenvalue weighted by Crippen LogP contribution is -2.47. The molecule has 2 saturated carbocycles. The van der Waals surface area contributed by atoms with Gasteiger partial charge in [-0.25, -0.2) is 0 Å². The van der Waals surface area contributed by atoms with E-state index >= 15 is 0 Å². The van der Waals surface area contributed by atoms with Gasteiger partial charge in [-0.05, 0) is 31.6 Å². The fourth-order valence-corrected chi connectivity index (χ4v) is 4.85. The number of hydrogen-bond acceptors (Lipinski definition) is 2. The number of rotatable bonds is 0. The van der Waals surface area contributed by atoms with Crippen molar-refractivity contribution in [1.29, 1.82) is 0 Å². The molecule has 4 fully saturated rings. The molecule has 0 aromatic heterocycles. The Bertz CT molecular complexity index is 182. The second-order valence-electron chi connectivity index (χ2n) is 4.15. The van der Waals surface area contributed by atoms with Gasteiger partial charge < -0.3 is 0 Å². The molecular formula is C9H12OS. The van der Waals surface area contributed by atoms with Gasteiger partial charge in [0.25, 0.3) is 0 Å². The first-order valence-electron chi connectivity index (χ1n) is 4.52. The van der Waals surface area contributed by atoms with Crippen molar-refractivity contribution >= 4 is 17.5 Å². The average Bonchev–Trinajstić information content (AvgIpc) is 1.98. The van der Waals surface area contributed by atoms with Gasteiger partial charge in [-0.1, -0.05) is 0 Å². The molecule has 0 aromatic rings. The van der Waals surface area contributed by atoms with Gasteiger partial charge in [-0.15, -0.1) is 11.8 Å². The molecule has 1 nitrogen and oxygen atoms in total. The first kappa shape index (κ1) is 6.53. The third kappa shape index (κ3) is 0.821. The van der Waals surface area contributed by atoms with Crippen LogP contribution in [-0.2, 0) is 4.79 Å². The van der Waals surface area contributed by atoms with Crippen molar-refractivity contribution in [2.24, 2.45) is 11.8 Å². The smallest absolute Gasteiger partial charge is 0.148 e. The molecule has 0 radical (unpaired) electrons. The molecule has 0 spiro atoms. The highest BCUT2D eigenvalue weighted by Gasteiger charge is 2.47. The SMILES string of the molecule is O=C1[C@H]2C[C@@H]3C[C@H](C2)S[C@H]1C3. The second-order valence-corrected chi connectivity index (χ2v) is 5.66. The molecule has 2 aliphatic carbocycles. The topological polar surface area (TPSA) is 17.1 Å². The van der Waals surface area contributed by atoms with Gasteiger partial charge in [-0.2, -0.15) is 0 Å². The molecule has 0 aromatic carbocycles. The molecule has 0 N–H and O–H groups in total. The first-order valence-corrected chi connectivity index (χ1v) is 5.46. The molecule has 11 heavy (non-hydrogen) atoms. The van der Waals surface area contributed by atoms with Crippen LogP contribution in [0.4, 0.5) is 0 Å². The summed E-state index contributed by atoms with van der Waals surface area (Å²) in [5, 5.41) is 1.28. The molecular weight excluding hydrogens is 156 g/mol. The van der Waals surface area contributed by atoms with Gasteiger partial charge in [0.05, 0.1) is 5.25 Å². The first-order chi connectivity index (χ1) is 5.33. The molecule has 4 bridgehead atoms. The summed E-state index contributed by atoms with van der Waals surface area (Å²) >= 11 is 1.97. The highest BCUT2D eigenvalue weighted by atomic mass is 32.2. The molecule has 4 atom stereocenters. The molecule has 2 heterocycles. The van der Waals surface area contributed by atoms with E-state index in [1.165, 1.54) is 25.7 Å². The van der Waals surface area contributed by atoms with Gasteiger partial charge in [0.2, 0.25) is 0 Å². The quantitative estimate of drug-likeness (QED) is 0.549. The van der Waals surface area contributed by atoms with Crippen LogP contribution in [0.25, 0.3) is 0 Å². The number of hydrogen-bond donors (Lipinski definition) is 0. The highest BCUT2D eigenvalue weighted by molar-refractivity contribution is 8.01. The largest absolute Gasteiger partial charge is 0.298 e. The molecule has 2 saturated heterocycles. The van der Waals surface area contributed by atoms with E-state index in [0.29, 0.717) is 17.0 Å². The maximum Gasteiger partial charge on any atom is 0.148 e. The molecule has 2 aliphatic heterocycles. The molecule has 0 unspecified atom stereocenters. The molecule has 2 heteroatoms. The lowest BCUT2D eigenvalue weighted by molar-refractivity contribution is -0.127. The Kier molecular flexibility index (Phi) is 1.21. The summed E-state index contributed by atoms with van der Waals surface area (Å²) in [6.45, 7) is 0. The van der Waals surface area contributed by atoms with E-state index < -0.39 is 0 Å². The molecule has 60 valence electrons. The maximum atomic E-state index is 11.6.